The second-order valence-corrected chi connectivity index (χ2v) is 9.94. The molecule has 1 N–H and O–H groups in total. The topological polar surface area (TPSA) is 112 Å². The summed E-state index contributed by atoms with van der Waals surface area (Å²) in [5, 5.41) is 21.1. The molecular weight excluding hydrogens is 452 g/mol. The molecule has 2 aliphatic rings. The summed E-state index contributed by atoms with van der Waals surface area (Å²) in [6, 6.07) is 12.1. The molecule has 1 aromatic carbocycles. The van der Waals surface area contributed by atoms with E-state index < -0.39 is 0 Å². The molecule has 0 spiro atoms. The number of anilines is 1. The zero-order valence-corrected chi connectivity index (χ0v) is 21.1. The van der Waals surface area contributed by atoms with E-state index >= 15 is 0 Å². The van der Waals surface area contributed by atoms with Crippen LogP contribution >= 0.6 is 0 Å². The molecule has 36 heavy (non-hydrogen) atoms. The predicted octanol–water partition coefficient (Wildman–Crippen LogP) is 3.13. The number of nitrogens with one attached hydrogen (secondary N) is 1. The Bertz CT molecular complexity index is 1080. The van der Waals surface area contributed by atoms with Crippen LogP contribution in [0.3, 0.4) is 0 Å². The normalized spacial score (nSPS) is 21.0. The van der Waals surface area contributed by atoms with Crippen LogP contribution in [-0.4, -0.2) is 70.6 Å². The molecule has 2 saturated heterocycles. The maximum Gasteiger partial charge on any atom is 0.318 e. The number of rotatable bonds is 6. The second kappa shape index (κ2) is 11.8. The smallest absolute Gasteiger partial charge is 0.318 e. The Hall–Kier alpha value is -3.69. The van der Waals surface area contributed by atoms with E-state index in [2.05, 4.69) is 45.0 Å². The Morgan fingerprint density at radius 3 is 2.19 bits per heavy atom. The first-order valence-electron chi connectivity index (χ1n) is 12.7. The van der Waals surface area contributed by atoms with Crippen molar-refractivity contribution in [3.8, 4) is 12.1 Å². The van der Waals surface area contributed by atoms with Gasteiger partial charge < -0.3 is 15.1 Å². The Morgan fingerprint density at radius 2 is 1.61 bits per heavy atom. The quantitative estimate of drug-likeness (QED) is 0.667. The third-order valence-corrected chi connectivity index (χ3v) is 7.23. The molecule has 0 aliphatic carbocycles. The molecular formula is C27H34N8O. The Balaban J connectivity index is 1.18. The number of nitriles is 2. The molecule has 2 aliphatic heterocycles. The monoisotopic (exact) mass is 486 g/mol. The molecule has 2 atom stereocenters. The van der Waals surface area contributed by atoms with Crippen LogP contribution in [0.1, 0.15) is 49.8 Å². The number of carbonyl (C=O) groups excluding carboxylic acids is 1. The fourth-order valence-corrected chi connectivity index (χ4v) is 5.28. The fraction of sp³-hybridized carbons (Fsp3) is 0.519. The van der Waals surface area contributed by atoms with E-state index in [-0.39, 0.29) is 18.1 Å². The SMILES string of the molecule is C[C@@H]1CN(c2ncc(C#N)cn2)C[C@H](C)N1C(=O)NCCC1CCN(Cc2ccc(C#N)cc2)CC1. The number of nitrogens with zero attached hydrogens (tertiary/aromatic N) is 7. The average Bonchev–Trinajstić information content (AvgIpc) is 2.90. The maximum absolute atomic E-state index is 13.0. The molecule has 2 amide bonds. The summed E-state index contributed by atoms with van der Waals surface area (Å²) in [6.45, 7) is 9.15. The van der Waals surface area contributed by atoms with Gasteiger partial charge in [0.15, 0.2) is 0 Å². The number of likely N-dealkylation sites (tertiary alicyclic amines) is 1. The molecule has 0 radical (unpaired) electrons. The first kappa shape index (κ1) is 25.4. The summed E-state index contributed by atoms with van der Waals surface area (Å²) in [5.41, 5.74) is 2.38. The van der Waals surface area contributed by atoms with E-state index in [1.54, 1.807) is 0 Å². The average molecular weight is 487 g/mol. The summed E-state index contributed by atoms with van der Waals surface area (Å²) in [7, 11) is 0. The number of carbonyl (C=O) groups is 1. The Morgan fingerprint density at radius 1 is 1.00 bits per heavy atom. The van der Waals surface area contributed by atoms with Crippen LogP contribution in [0.15, 0.2) is 36.7 Å². The van der Waals surface area contributed by atoms with Gasteiger partial charge in [-0.25, -0.2) is 14.8 Å². The molecule has 0 bridgehead atoms. The van der Waals surface area contributed by atoms with E-state index in [1.807, 2.05) is 35.2 Å². The van der Waals surface area contributed by atoms with Gasteiger partial charge in [-0.15, -0.1) is 0 Å². The molecule has 9 nitrogen and oxygen atoms in total. The number of benzene rings is 1. The highest BCUT2D eigenvalue weighted by Crippen LogP contribution is 2.23. The number of amides is 2. The van der Waals surface area contributed by atoms with Crippen LogP contribution in [-0.2, 0) is 6.54 Å². The van der Waals surface area contributed by atoms with Gasteiger partial charge in [0.1, 0.15) is 6.07 Å². The van der Waals surface area contributed by atoms with Gasteiger partial charge in [0.25, 0.3) is 0 Å². The lowest BCUT2D eigenvalue weighted by Gasteiger charge is -2.44. The lowest BCUT2D eigenvalue weighted by Crippen LogP contribution is -2.61. The summed E-state index contributed by atoms with van der Waals surface area (Å²) in [6.07, 6.45) is 6.35. The van der Waals surface area contributed by atoms with Gasteiger partial charge in [-0.05, 0) is 69.8 Å². The number of aromatic nitrogens is 2. The summed E-state index contributed by atoms with van der Waals surface area (Å²) >= 11 is 0. The standard InChI is InChI=1S/C27H34N8O/c1-20-17-34(26-31-15-25(14-29)16-32-26)18-21(2)35(20)27(36)30-10-7-22-8-11-33(12-9-22)19-24-5-3-23(13-28)4-6-24/h3-6,15-16,20-22H,7-12,17-19H2,1-2H3,(H,30,36)/t20-,21+. The first-order chi connectivity index (χ1) is 17.5. The van der Waals surface area contributed by atoms with Crippen molar-refractivity contribution in [2.24, 2.45) is 5.92 Å². The van der Waals surface area contributed by atoms with Crippen molar-refractivity contribution in [3.05, 3.63) is 53.3 Å². The van der Waals surface area contributed by atoms with Gasteiger partial charge in [-0.2, -0.15) is 10.5 Å². The van der Waals surface area contributed by atoms with Crippen LogP contribution < -0.4 is 10.2 Å². The van der Waals surface area contributed by atoms with Crippen molar-refractivity contribution in [2.75, 3.05) is 37.6 Å². The minimum Gasteiger partial charge on any atom is -0.338 e. The van der Waals surface area contributed by atoms with Gasteiger partial charge in [0, 0.05) is 38.3 Å². The number of piperazine rings is 1. The van der Waals surface area contributed by atoms with E-state index in [0.29, 0.717) is 42.6 Å². The van der Waals surface area contributed by atoms with E-state index in [1.165, 1.54) is 18.0 Å². The van der Waals surface area contributed by atoms with Gasteiger partial charge in [-0.1, -0.05) is 12.1 Å². The third kappa shape index (κ3) is 6.30. The Kier molecular flexibility index (Phi) is 8.35. The number of hydrogen-bond donors (Lipinski definition) is 1. The van der Waals surface area contributed by atoms with Crippen molar-refractivity contribution >= 4 is 12.0 Å². The zero-order valence-electron chi connectivity index (χ0n) is 21.1. The third-order valence-electron chi connectivity index (χ3n) is 7.23. The fourth-order valence-electron chi connectivity index (χ4n) is 5.28. The van der Waals surface area contributed by atoms with Crippen LogP contribution in [0, 0.1) is 28.6 Å². The summed E-state index contributed by atoms with van der Waals surface area (Å²) in [4.78, 5) is 28.1. The van der Waals surface area contributed by atoms with Gasteiger partial charge in [0.2, 0.25) is 5.95 Å². The lowest BCUT2D eigenvalue weighted by molar-refractivity contribution is 0.139. The first-order valence-corrected chi connectivity index (χ1v) is 12.7. The van der Waals surface area contributed by atoms with Crippen LogP contribution in [0.5, 0.6) is 0 Å². The molecule has 2 aromatic rings. The summed E-state index contributed by atoms with van der Waals surface area (Å²) in [5.74, 6) is 1.22. The molecule has 3 heterocycles. The molecule has 4 rings (SSSR count). The van der Waals surface area contributed by atoms with E-state index in [9.17, 15) is 4.79 Å². The highest BCUT2D eigenvalue weighted by molar-refractivity contribution is 5.75. The summed E-state index contributed by atoms with van der Waals surface area (Å²) < 4.78 is 0. The maximum atomic E-state index is 13.0. The zero-order chi connectivity index (χ0) is 25.5. The van der Waals surface area contributed by atoms with Crippen LogP contribution in [0.4, 0.5) is 10.7 Å². The number of hydrogen-bond acceptors (Lipinski definition) is 7. The highest BCUT2D eigenvalue weighted by Gasteiger charge is 2.34. The molecule has 188 valence electrons. The van der Waals surface area contributed by atoms with Crippen molar-refractivity contribution in [1.82, 2.24) is 25.1 Å². The molecule has 0 saturated carbocycles. The van der Waals surface area contributed by atoms with Crippen molar-refractivity contribution in [2.45, 2.75) is 51.7 Å². The second-order valence-electron chi connectivity index (χ2n) is 9.94. The molecule has 0 unspecified atom stereocenters. The van der Waals surface area contributed by atoms with Gasteiger partial charge in [-0.3, -0.25) is 4.90 Å². The van der Waals surface area contributed by atoms with Crippen molar-refractivity contribution in [1.29, 1.82) is 10.5 Å². The van der Waals surface area contributed by atoms with Gasteiger partial charge >= 0.3 is 6.03 Å². The minimum atomic E-state index is -0.00588. The molecule has 1 aromatic heterocycles. The van der Waals surface area contributed by atoms with Crippen molar-refractivity contribution in [3.63, 3.8) is 0 Å². The highest BCUT2D eigenvalue weighted by atomic mass is 16.2. The van der Waals surface area contributed by atoms with Gasteiger partial charge in [0.05, 0.1) is 29.6 Å². The predicted molar refractivity (Wildman–Crippen MR) is 137 cm³/mol. The van der Waals surface area contributed by atoms with Crippen molar-refractivity contribution < 1.29 is 4.79 Å². The molecule has 2 fully saturated rings. The molecule has 9 heteroatoms. The van der Waals surface area contributed by atoms with Crippen LogP contribution in [0.2, 0.25) is 0 Å². The largest absolute Gasteiger partial charge is 0.338 e. The van der Waals surface area contributed by atoms with Crippen LogP contribution in [0.25, 0.3) is 0 Å². The lowest BCUT2D eigenvalue weighted by atomic mass is 9.93. The van der Waals surface area contributed by atoms with E-state index in [4.69, 9.17) is 10.5 Å². The van der Waals surface area contributed by atoms with E-state index in [0.717, 1.165) is 38.9 Å². The minimum absolute atomic E-state index is 0.00588. The number of piperidine rings is 1. The Labute approximate surface area is 213 Å². The number of urea groups is 1.